The molecular weight excluding hydrogens is 506 g/mol. The molecule has 10 heteroatoms. The molecule has 3 heterocycles. The number of likely N-dealkylation sites (N-methyl/N-ethyl adjacent to an activating group) is 1. The van der Waals surface area contributed by atoms with Gasteiger partial charge in [-0.3, -0.25) is 14.6 Å². The number of aromatic nitrogens is 3. The van der Waals surface area contributed by atoms with Crippen LogP contribution in [0, 0.1) is 6.92 Å². The molecule has 1 fully saturated rings. The highest BCUT2D eigenvalue weighted by Gasteiger charge is 2.25. The number of nitrogens with one attached hydrogen (secondary N) is 1. The predicted octanol–water partition coefficient (Wildman–Crippen LogP) is 3.43. The Morgan fingerprint density at radius 2 is 1.88 bits per heavy atom. The Morgan fingerprint density at radius 1 is 1.12 bits per heavy atom. The summed E-state index contributed by atoms with van der Waals surface area (Å²) in [5.74, 6) is 0.147. The van der Waals surface area contributed by atoms with Crippen molar-refractivity contribution < 1.29 is 14.1 Å². The van der Waals surface area contributed by atoms with Crippen molar-refractivity contribution in [2.75, 3.05) is 51.7 Å². The Morgan fingerprint density at radius 3 is 2.52 bits per heavy atom. The zero-order valence-corrected chi connectivity index (χ0v) is 24.3. The summed E-state index contributed by atoms with van der Waals surface area (Å²) in [4.78, 5) is 40.0. The number of amides is 2. The van der Waals surface area contributed by atoms with Gasteiger partial charge < -0.3 is 24.5 Å². The number of carbonyl (C=O) groups is 2. The van der Waals surface area contributed by atoms with Crippen molar-refractivity contribution in [1.82, 2.24) is 30.2 Å². The molecule has 1 aromatic carbocycles. The Hall–Kier alpha value is -4.05. The molecule has 0 radical (unpaired) electrons. The Balaban J connectivity index is 1.40. The van der Waals surface area contributed by atoms with Crippen LogP contribution in [-0.4, -0.2) is 83.6 Å². The van der Waals surface area contributed by atoms with Gasteiger partial charge in [0.2, 0.25) is 11.8 Å². The maximum absolute atomic E-state index is 12.6. The van der Waals surface area contributed by atoms with Gasteiger partial charge in [0.15, 0.2) is 0 Å². The molecule has 1 aliphatic rings. The summed E-state index contributed by atoms with van der Waals surface area (Å²) in [6.45, 7) is 11.8. The summed E-state index contributed by atoms with van der Waals surface area (Å²) in [7, 11) is 3.96. The van der Waals surface area contributed by atoms with Crippen LogP contribution in [-0.2, 0) is 16.8 Å². The maximum atomic E-state index is 12.6. The molecule has 0 bridgehead atoms. The van der Waals surface area contributed by atoms with E-state index in [1.54, 1.807) is 12.3 Å². The number of anilines is 1. The van der Waals surface area contributed by atoms with Crippen LogP contribution in [0.1, 0.15) is 48.4 Å². The van der Waals surface area contributed by atoms with Crippen LogP contribution >= 0.6 is 0 Å². The molecule has 1 N–H and O–H groups in total. The zero-order valence-electron chi connectivity index (χ0n) is 24.3. The van der Waals surface area contributed by atoms with Gasteiger partial charge in [0.05, 0.1) is 11.9 Å². The standard InChI is InChI=1S/C30H39N7O3/c1-21-18-22(9-10-23(21)19-32-28(39)27-33-29(40-34-27)30(2,3)4)24-11-12-31-20-25(24)36-14-16-37(17-15-36)26(38)8-7-13-35(5)6/h7-12,18,20H,13-17,19H2,1-6H3,(H,32,39)/b8-7+. The minimum atomic E-state index is -0.370. The quantitative estimate of drug-likeness (QED) is 0.429. The van der Waals surface area contributed by atoms with Gasteiger partial charge in [0.25, 0.3) is 11.7 Å². The first-order valence-corrected chi connectivity index (χ1v) is 13.5. The van der Waals surface area contributed by atoms with E-state index in [-0.39, 0.29) is 23.1 Å². The fourth-order valence-electron chi connectivity index (χ4n) is 4.46. The second kappa shape index (κ2) is 12.4. The minimum absolute atomic E-state index is 0.0343. The highest BCUT2D eigenvalue weighted by molar-refractivity contribution is 5.90. The van der Waals surface area contributed by atoms with Gasteiger partial charge in [-0.25, -0.2) is 0 Å². The van der Waals surface area contributed by atoms with Gasteiger partial charge in [0, 0.05) is 62.5 Å². The van der Waals surface area contributed by atoms with Crippen LogP contribution in [0.4, 0.5) is 5.69 Å². The van der Waals surface area contributed by atoms with Crippen molar-refractivity contribution in [1.29, 1.82) is 0 Å². The van der Waals surface area contributed by atoms with Crippen molar-refractivity contribution in [3.8, 4) is 11.1 Å². The highest BCUT2D eigenvalue weighted by atomic mass is 16.5. The average Bonchev–Trinajstić information content (AvgIpc) is 3.44. The first kappa shape index (κ1) is 28.9. The van der Waals surface area contributed by atoms with Crippen LogP contribution in [0.25, 0.3) is 11.1 Å². The van der Waals surface area contributed by atoms with E-state index in [1.165, 1.54) is 0 Å². The number of rotatable bonds is 8. The van der Waals surface area contributed by atoms with E-state index in [4.69, 9.17) is 4.52 Å². The van der Waals surface area contributed by atoms with E-state index in [1.807, 2.05) is 76.0 Å². The third-order valence-electron chi connectivity index (χ3n) is 6.83. The largest absolute Gasteiger partial charge is 0.366 e. The monoisotopic (exact) mass is 545 g/mol. The van der Waals surface area contributed by atoms with Crippen LogP contribution < -0.4 is 10.2 Å². The van der Waals surface area contributed by atoms with E-state index < -0.39 is 0 Å². The van der Waals surface area contributed by atoms with Gasteiger partial charge in [-0.1, -0.05) is 50.2 Å². The van der Waals surface area contributed by atoms with E-state index in [9.17, 15) is 9.59 Å². The lowest BCUT2D eigenvalue weighted by Gasteiger charge is -2.36. The van der Waals surface area contributed by atoms with Crippen molar-refractivity contribution in [3.63, 3.8) is 0 Å². The first-order valence-electron chi connectivity index (χ1n) is 13.5. The molecule has 2 amide bonds. The van der Waals surface area contributed by atoms with Crippen LogP contribution in [0.2, 0.25) is 0 Å². The molecular formula is C30H39N7O3. The fourth-order valence-corrected chi connectivity index (χ4v) is 4.46. The molecule has 4 rings (SSSR count). The molecule has 40 heavy (non-hydrogen) atoms. The SMILES string of the molecule is Cc1cc(-c2ccncc2N2CCN(C(=O)/C=C/CN(C)C)CC2)ccc1CNC(=O)c1noc(C(C)(C)C)n1. The highest BCUT2D eigenvalue weighted by Crippen LogP contribution is 2.32. The predicted molar refractivity (Wildman–Crippen MR) is 155 cm³/mol. The van der Waals surface area contributed by atoms with Gasteiger partial charge in [-0.2, -0.15) is 4.98 Å². The number of pyridine rings is 1. The molecule has 0 atom stereocenters. The molecule has 10 nitrogen and oxygen atoms in total. The maximum Gasteiger partial charge on any atom is 0.292 e. The van der Waals surface area contributed by atoms with E-state index >= 15 is 0 Å². The lowest BCUT2D eigenvalue weighted by atomic mass is 9.97. The number of carbonyl (C=O) groups excluding carboxylic acids is 2. The summed E-state index contributed by atoms with van der Waals surface area (Å²) in [6, 6.07) is 8.25. The lowest BCUT2D eigenvalue weighted by Crippen LogP contribution is -2.48. The summed E-state index contributed by atoms with van der Waals surface area (Å²) in [5, 5.41) is 6.72. The third kappa shape index (κ3) is 7.12. The van der Waals surface area contributed by atoms with Gasteiger partial charge >= 0.3 is 0 Å². The summed E-state index contributed by atoms with van der Waals surface area (Å²) >= 11 is 0. The number of hydrogen-bond donors (Lipinski definition) is 1. The number of hydrogen-bond acceptors (Lipinski definition) is 8. The summed E-state index contributed by atoms with van der Waals surface area (Å²) < 4.78 is 5.24. The first-order chi connectivity index (χ1) is 19.0. The average molecular weight is 546 g/mol. The molecule has 0 unspecified atom stereocenters. The second-order valence-electron chi connectivity index (χ2n) is 11.4. The molecule has 0 saturated carbocycles. The molecule has 212 valence electrons. The Kier molecular flexibility index (Phi) is 8.99. The normalized spacial score (nSPS) is 14.3. The summed E-state index contributed by atoms with van der Waals surface area (Å²) in [6.07, 6.45) is 7.26. The smallest absolute Gasteiger partial charge is 0.292 e. The topological polar surface area (TPSA) is 108 Å². The van der Waals surface area contributed by atoms with Gasteiger partial charge in [-0.15, -0.1) is 0 Å². The van der Waals surface area contributed by atoms with E-state index in [0.717, 1.165) is 47.6 Å². The fraction of sp³-hybridized carbons (Fsp3) is 0.433. The summed E-state index contributed by atoms with van der Waals surface area (Å²) in [5.41, 5.74) is 4.94. The number of piperazine rings is 1. The number of benzene rings is 1. The lowest BCUT2D eigenvalue weighted by molar-refractivity contribution is -0.126. The molecule has 2 aromatic heterocycles. The van der Waals surface area contributed by atoms with Crippen molar-refractivity contribution in [2.45, 2.75) is 39.7 Å². The number of aryl methyl sites for hydroxylation is 1. The van der Waals surface area contributed by atoms with Crippen molar-refractivity contribution >= 4 is 17.5 Å². The third-order valence-corrected chi connectivity index (χ3v) is 6.83. The molecule has 0 aliphatic carbocycles. The second-order valence-corrected chi connectivity index (χ2v) is 11.4. The molecule has 0 spiro atoms. The van der Waals surface area contributed by atoms with Gasteiger partial charge in [0.1, 0.15) is 0 Å². The van der Waals surface area contributed by atoms with Crippen LogP contribution in [0.5, 0.6) is 0 Å². The van der Waals surface area contributed by atoms with E-state index in [0.29, 0.717) is 25.5 Å². The Labute approximate surface area is 236 Å². The van der Waals surface area contributed by atoms with E-state index in [2.05, 4.69) is 37.5 Å². The van der Waals surface area contributed by atoms with Crippen LogP contribution in [0.15, 0.2) is 53.3 Å². The van der Waals surface area contributed by atoms with Crippen molar-refractivity contribution in [3.05, 3.63) is 71.7 Å². The zero-order chi connectivity index (χ0) is 28.9. The molecule has 1 saturated heterocycles. The van der Waals surface area contributed by atoms with Gasteiger partial charge in [-0.05, 0) is 43.8 Å². The molecule has 1 aliphatic heterocycles. The van der Waals surface area contributed by atoms with Crippen LogP contribution in [0.3, 0.4) is 0 Å². The Bertz CT molecular complexity index is 1370. The van der Waals surface area contributed by atoms with Crippen molar-refractivity contribution in [2.24, 2.45) is 0 Å². The molecule has 3 aromatic rings. The minimum Gasteiger partial charge on any atom is -0.366 e. The number of nitrogens with zero attached hydrogens (tertiary/aromatic N) is 6.